The van der Waals surface area contributed by atoms with Gasteiger partial charge in [-0.15, -0.1) is 0 Å². The average Bonchev–Trinajstić information content (AvgIpc) is 3.79. The molecule has 0 radical (unpaired) electrons. The fraction of sp³-hybridized carbons (Fsp3) is 0.357. The first-order valence-electron chi connectivity index (χ1n) is 12.9. The molecular weight excluding hydrogens is 541 g/mol. The van der Waals surface area contributed by atoms with Crippen molar-refractivity contribution < 1.29 is 28.2 Å². The predicted molar refractivity (Wildman–Crippen MR) is 148 cm³/mol. The van der Waals surface area contributed by atoms with Crippen LogP contribution in [0.3, 0.4) is 0 Å². The SMILES string of the molecule is COC(=O)C1COCCN1CC=CC(=O)Nc1cc2c(Nc3ccc(F)c(Cl)c3)ncnc2cc1OCC1CC1. The maximum atomic E-state index is 13.6. The zero-order valence-electron chi connectivity index (χ0n) is 21.9. The zero-order valence-corrected chi connectivity index (χ0v) is 22.6. The first kappa shape index (κ1) is 27.8. The molecular formula is C28H29ClFN5O5. The summed E-state index contributed by atoms with van der Waals surface area (Å²) < 4.78 is 29.9. The smallest absolute Gasteiger partial charge is 0.325 e. The molecule has 0 bridgehead atoms. The summed E-state index contributed by atoms with van der Waals surface area (Å²) in [6.45, 7) is 2.20. The number of carbonyl (C=O) groups excluding carboxylic acids is 2. The number of amides is 1. The molecule has 2 aliphatic rings. The summed E-state index contributed by atoms with van der Waals surface area (Å²) in [5.41, 5.74) is 1.60. The van der Waals surface area contributed by atoms with Crippen molar-refractivity contribution in [1.29, 1.82) is 0 Å². The Labute approximate surface area is 235 Å². The van der Waals surface area contributed by atoms with Gasteiger partial charge in [-0.2, -0.15) is 0 Å². The van der Waals surface area contributed by atoms with Gasteiger partial charge in [-0.1, -0.05) is 17.7 Å². The maximum Gasteiger partial charge on any atom is 0.325 e. The number of morpholine rings is 1. The van der Waals surface area contributed by atoms with Gasteiger partial charge in [0.1, 0.15) is 29.8 Å². The van der Waals surface area contributed by atoms with Gasteiger partial charge in [-0.05, 0) is 43.0 Å². The van der Waals surface area contributed by atoms with Crippen molar-refractivity contribution in [3.05, 3.63) is 59.7 Å². The number of halogens is 2. The number of benzene rings is 2. The van der Waals surface area contributed by atoms with Crippen LogP contribution in [0, 0.1) is 11.7 Å². The molecule has 1 saturated heterocycles. The Morgan fingerprint density at radius 3 is 2.88 bits per heavy atom. The molecule has 1 atom stereocenters. The number of methoxy groups -OCH3 is 1. The Morgan fingerprint density at radius 2 is 2.10 bits per heavy atom. The van der Waals surface area contributed by atoms with E-state index in [1.54, 1.807) is 24.3 Å². The van der Waals surface area contributed by atoms with Gasteiger partial charge in [0, 0.05) is 36.3 Å². The molecule has 2 N–H and O–H groups in total. The number of ether oxygens (including phenoxy) is 3. The van der Waals surface area contributed by atoms with Crippen LogP contribution in [-0.4, -0.2) is 72.8 Å². The molecule has 1 aliphatic heterocycles. The van der Waals surface area contributed by atoms with Crippen molar-refractivity contribution in [2.24, 2.45) is 5.92 Å². The third-order valence-corrected chi connectivity index (χ3v) is 6.96. The van der Waals surface area contributed by atoms with E-state index in [1.165, 1.54) is 31.6 Å². The number of aromatic nitrogens is 2. The van der Waals surface area contributed by atoms with Crippen LogP contribution >= 0.6 is 11.6 Å². The number of nitrogens with zero attached hydrogens (tertiary/aromatic N) is 3. The molecule has 1 amide bonds. The fourth-order valence-electron chi connectivity index (χ4n) is 4.28. The van der Waals surface area contributed by atoms with Gasteiger partial charge in [0.25, 0.3) is 0 Å². The lowest BCUT2D eigenvalue weighted by Gasteiger charge is -2.32. The number of rotatable bonds is 10. The highest BCUT2D eigenvalue weighted by Gasteiger charge is 2.29. The van der Waals surface area contributed by atoms with Crippen molar-refractivity contribution in [3.63, 3.8) is 0 Å². The quantitative estimate of drug-likeness (QED) is 0.272. The third-order valence-electron chi connectivity index (χ3n) is 6.67. The van der Waals surface area contributed by atoms with Gasteiger partial charge in [0.05, 0.1) is 43.2 Å². The number of anilines is 3. The second kappa shape index (κ2) is 12.6. The predicted octanol–water partition coefficient (Wildman–Crippen LogP) is 4.32. The van der Waals surface area contributed by atoms with Crippen LogP contribution in [0.25, 0.3) is 10.9 Å². The summed E-state index contributed by atoms with van der Waals surface area (Å²) in [4.78, 5) is 35.6. The van der Waals surface area contributed by atoms with E-state index >= 15 is 0 Å². The minimum absolute atomic E-state index is 0.0196. The van der Waals surface area contributed by atoms with Gasteiger partial charge < -0.3 is 24.8 Å². The van der Waals surface area contributed by atoms with Crippen molar-refractivity contribution in [1.82, 2.24) is 14.9 Å². The summed E-state index contributed by atoms with van der Waals surface area (Å²) in [7, 11) is 1.34. The summed E-state index contributed by atoms with van der Waals surface area (Å²) in [5.74, 6) is 0.185. The highest BCUT2D eigenvalue weighted by molar-refractivity contribution is 6.31. The number of nitrogens with one attached hydrogen (secondary N) is 2. The van der Waals surface area contributed by atoms with Crippen LogP contribution in [0.5, 0.6) is 5.75 Å². The Morgan fingerprint density at radius 1 is 1.25 bits per heavy atom. The molecule has 1 aromatic heterocycles. The molecule has 1 aliphatic carbocycles. The molecule has 0 spiro atoms. The van der Waals surface area contributed by atoms with Crippen LogP contribution in [-0.2, 0) is 19.1 Å². The van der Waals surface area contributed by atoms with Crippen molar-refractivity contribution in [2.75, 3.05) is 50.7 Å². The average molecular weight is 570 g/mol. The standard InChI is InChI=1S/C28H29ClFN5O5/c1-38-28(37)24-15-39-10-9-35(24)8-2-3-26(36)34-23-12-19-22(13-25(23)40-14-17-4-5-17)31-16-32-27(19)33-18-6-7-21(30)20(29)11-18/h2-3,6-7,11-13,16-17,24H,4-5,8-10,14-15H2,1H3,(H,34,36)(H,31,32,33). The molecule has 210 valence electrons. The molecule has 2 aromatic carbocycles. The summed E-state index contributed by atoms with van der Waals surface area (Å²) in [6, 6.07) is 7.26. The second-order valence-electron chi connectivity index (χ2n) is 9.60. The number of esters is 1. The van der Waals surface area contributed by atoms with E-state index < -0.39 is 11.9 Å². The lowest BCUT2D eigenvalue weighted by atomic mass is 10.1. The first-order valence-corrected chi connectivity index (χ1v) is 13.3. The molecule has 3 aromatic rings. The minimum Gasteiger partial charge on any atom is -0.491 e. The molecule has 40 heavy (non-hydrogen) atoms. The van der Waals surface area contributed by atoms with Crippen LogP contribution < -0.4 is 15.4 Å². The van der Waals surface area contributed by atoms with E-state index in [-0.39, 0.29) is 23.5 Å². The summed E-state index contributed by atoms with van der Waals surface area (Å²) in [6.07, 6.45) is 6.75. The van der Waals surface area contributed by atoms with Crippen LogP contribution in [0.15, 0.2) is 48.8 Å². The number of fused-ring (bicyclic) bond motifs is 1. The number of hydrogen-bond donors (Lipinski definition) is 2. The first-order chi connectivity index (χ1) is 19.4. The lowest BCUT2D eigenvalue weighted by Crippen LogP contribution is -2.50. The number of hydrogen-bond acceptors (Lipinski definition) is 9. The molecule has 2 fully saturated rings. The molecule has 2 heterocycles. The van der Waals surface area contributed by atoms with Gasteiger partial charge in [-0.3, -0.25) is 14.5 Å². The Kier molecular flexibility index (Phi) is 8.73. The lowest BCUT2D eigenvalue weighted by molar-refractivity contribution is -0.152. The topological polar surface area (TPSA) is 115 Å². The van der Waals surface area contributed by atoms with Crippen LogP contribution in [0.1, 0.15) is 12.8 Å². The summed E-state index contributed by atoms with van der Waals surface area (Å²) in [5, 5.41) is 6.64. The molecule has 5 rings (SSSR count). The molecule has 12 heteroatoms. The number of carbonyl (C=O) groups is 2. The highest BCUT2D eigenvalue weighted by Crippen LogP contribution is 2.36. The van der Waals surface area contributed by atoms with E-state index in [0.717, 1.165) is 12.8 Å². The maximum absolute atomic E-state index is 13.6. The Bertz CT molecular complexity index is 1430. The Hall–Kier alpha value is -3.80. The van der Waals surface area contributed by atoms with Crippen molar-refractivity contribution in [3.8, 4) is 5.75 Å². The highest BCUT2D eigenvalue weighted by atomic mass is 35.5. The van der Waals surface area contributed by atoms with Gasteiger partial charge in [0.15, 0.2) is 0 Å². The van der Waals surface area contributed by atoms with E-state index in [0.29, 0.717) is 66.1 Å². The third kappa shape index (κ3) is 6.85. The van der Waals surface area contributed by atoms with Crippen molar-refractivity contribution >= 4 is 51.6 Å². The largest absolute Gasteiger partial charge is 0.491 e. The van der Waals surface area contributed by atoms with E-state index in [4.69, 9.17) is 25.8 Å². The fourth-order valence-corrected chi connectivity index (χ4v) is 4.46. The second-order valence-corrected chi connectivity index (χ2v) is 10.0. The zero-order chi connectivity index (χ0) is 28.1. The van der Waals surface area contributed by atoms with Crippen LogP contribution in [0.4, 0.5) is 21.6 Å². The Balaban J connectivity index is 1.36. The van der Waals surface area contributed by atoms with E-state index in [1.807, 2.05) is 4.90 Å². The van der Waals surface area contributed by atoms with Gasteiger partial charge in [0.2, 0.25) is 5.91 Å². The monoisotopic (exact) mass is 569 g/mol. The normalized spacial score (nSPS) is 17.6. The van der Waals surface area contributed by atoms with E-state index in [2.05, 4.69) is 20.6 Å². The van der Waals surface area contributed by atoms with Gasteiger partial charge >= 0.3 is 5.97 Å². The van der Waals surface area contributed by atoms with Crippen molar-refractivity contribution in [2.45, 2.75) is 18.9 Å². The summed E-state index contributed by atoms with van der Waals surface area (Å²) >= 11 is 5.94. The van der Waals surface area contributed by atoms with E-state index in [9.17, 15) is 14.0 Å². The molecule has 1 unspecified atom stereocenters. The minimum atomic E-state index is -0.523. The molecule has 1 saturated carbocycles. The van der Waals surface area contributed by atoms with Gasteiger partial charge in [-0.25, -0.2) is 14.4 Å². The van der Waals surface area contributed by atoms with Crippen LogP contribution in [0.2, 0.25) is 5.02 Å². The molecule has 10 nitrogen and oxygen atoms in total.